The van der Waals surface area contributed by atoms with Crippen molar-refractivity contribution in [3.63, 3.8) is 0 Å². The minimum absolute atomic E-state index is 1.20. The van der Waals surface area contributed by atoms with Gasteiger partial charge in [-0.1, -0.05) is 97.3 Å². The van der Waals surface area contributed by atoms with Gasteiger partial charge in [0.1, 0.15) is 5.88 Å². The van der Waals surface area contributed by atoms with Gasteiger partial charge in [0.15, 0.2) is 0 Å². The number of quaternary nitrogens is 1. The third-order valence-electron chi connectivity index (χ3n) is 5.20. The largest absolute Gasteiger partial charge is 0.320 e. The summed E-state index contributed by atoms with van der Waals surface area (Å²) >= 11 is 2.18. The molecule has 0 N–H and O–H groups in total. The highest BCUT2D eigenvalue weighted by Gasteiger charge is 2.13. The van der Waals surface area contributed by atoms with E-state index in [1.807, 2.05) is 0 Å². The van der Waals surface area contributed by atoms with E-state index in [4.69, 9.17) is 0 Å². The lowest BCUT2D eigenvalue weighted by molar-refractivity contribution is -0.877. The maximum absolute atomic E-state index is 2.41. The summed E-state index contributed by atoms with van der Waals surface area (Å²) in [5, 5.41) is 0. The van der Waals surface area contributed by atoms with Crippen molar-refractivity contribution in [2.75, 3.05) is 32.3 Å². The molecule has 0 radical (unpaired) electrons. The molecule has 0 spiro atoms. The van der Waals surface area contributed by atoms with E-state index < -0.39 is 0 Å². The Bertz CT molecular complexity index is 252. The van der Waals surface area contributed by atoms with Crippen LogP contribution in [0.5, 0.6) is 0 Å². The molecule has 0 unspecified atom stereocenters. The number of unbranched alkanes of at least 4 members (excludes halogenated alkanes) is 14. The van der Waals surface area contributed by atoms with Gasteiger partial charge >= 0.3 is 0 Å². The lowest BCUT2D eigenvalue weighted by Gasteiger charge is -2.29. The Morgan fingerprint density at radius 1 is 0.520 bits per heavy atom. The fraction of sp³-hybridized carbons (Fsp3) is 1.00. The third-order valence-corrected chi connectivity index (χ3v) is 6.66. The van der Waals surface area contributed by atoms with Crippen LogP contribution in [0.1, 0.15) is 117 Å². The minimum Gasteiger partial charge on any atom is -0.320 e. The van der Waals surface area contributed by atoms with Gasteiger partial charge in [-0.3, -0.25) is 0 Å². The van der Waals surface area contributed by atoms with Gasteiger partial charge in [-0.25, -0.2) is 0 Å². The molecule has 0 aromatic carbocycles. The van der Waals surface area contributed by atoms with Crippen LogP contribution >= 0.6 is 11.8 Å². The van der Waals surface area contributed by atoms with Gasteiger partial charge in [-0.15, -0.1) is 11.8 Å². The fourth-order valence-corrected chi connectivity index (χ4v) is 4.55. The van der Waals surface area contributed by atoms with Crippen molar-refractivity contribution < 1.29 is 4.48 Å². The fourth-order valence-electron chi connectivity index (χ4n) is 3.39. The van der Waals surface area contributed by atoms with Crippen LogP contribution in [-0.2, 0) is 0 Å². The molecule has 2 heteroatoms. The second kappa shape index (κ2) is 19.1. The molecule has 0 heterocycles. The second-order valence-corrected chi connectivity index (χ2v) is 9.72. The van der Waals surface area contributed by atoms with Gasteiger partial charge in [0.25, 0.3) is 0 Å². The van der Waals surface area contributed by atoms with Gasteiger partial charge < -0.3 is 4.48 Å². The molecule has 0 fully saturated rings. The maximum atomic E-state index is 2.41. The monoisotopic (exact) mass is 372 g/mol. The van der Waals surface area contributed by atoms with E-state index in [-0.39, 0.29) is 0 Å². The number of hydrogen-bond acceptors (Lipinski definition) is 1. The van der Waals surface area contributed by atoms with Crippen molar-refractivity contribution in [2.24, 2.45) is 0 Å². The van der Waals surface area contributed by atoms with Crippen molar-refractivity contribution in [1.82, 2.24) is 0 Å². The molecule has 0 aromatic heterocycles. The SMILES string of the molecule is CCCCCCCCCCCCSC[N+](C)(C)CCCCCCCC. The first-order valence-corrected chi connectivity index (χ1v) is 12.7. The highest BCUT2D eigenvalue weighted by Crippen LogP contribution is 2.16. The predicted octanol–water partition coefficient (Wildman–Crippen LogP) is 8.03. The summed E-state index contributed by atoms with van der Waals surface area (Å²) in [4.78, 5) is 0. The van der Waals surface area contributed by atoms with Crippen LogP contribution in [0.15, 0.2) is 0 Å². The molecule has 0 aromatic rings. The van der Waals surface area contributed by atoms with Crippen molar-refractivity contribution in [3.8, 4) is 0 Å². The van der Waals surface area contributed by atoms with Crippen LogP contribution in [0.4, 0.5) is 0 Å². The molecule has 1 nitrogen and oxygen atoms in total. The van der Waals surface area contributed by atoms with Crippen molar-refractivity contribution >= 4 is 11.8 Å². The average molecular weight is 373 g/mol. The average Bonchev–Trinajstić information content (AvgIpc) is 2.59. The van der Waals surface area contributed by atoms with Crippen LogP contribution in [0.25, 0.3) is 0 Å². The maximum Gasteiger partial charge on any atom is 0.125 e. The number of rotatable bonds is 20. The molecule has 0 bridgehead atoms. The predicted molar refractivity (Wildman–Crippen MR) is 120 cm³/mol. The summed E-state index contributed by atoms with van der Waals surface area (Å²) < 4.78 is 1.20. The number of hydrogen-bond donors (Lipinski definition) is 0. The molecule has 0 rings (SSSR count). The Balaban J connectivity index is 3.28. The molecule has 0 saturated heterocycles. The van der Waals surface area contributed by atoms with Gasteiger partial charge in [0, 0.05) is 0 Å². The zero-order valence-corrected chi connectivity index (χ0v) is 19.1. The van der Waals surface area contributed by atoms with E-state index in [0.29, 0.717) is 0 Å². The molecule has 0 atom stereocenters. The van der Waals surface area contributed by atoms with E-state index in [9.17, 15) is 0 Å². The Morgan fingerprint density at radius 3 is 1.40 bits per heavy atom. The van der Waals surface area contributed by atoms with Gasteiger partial charge in [-0.05, 0) is 25.0 Å². The molecule has 0 aliphatic rings. The Morgan fingerprint density at radius 2 is 0.920 bits per heavy atom. The molecular weight excluding hydrogens is 322 g/mol. The zero-order valence-electron chi connectivity index (χ0n) is 18.3. The van der Waals surface area contributed by atoms with E-state index in [1.165, 1.54) is 125 Å². The highest BCUT2D eigenvalue weighted by atomic mass is 32.2. The van der Waals surface area contributed by atoms with Gasteiger partial charge in [0.2, 0.25) is 0 Å². The summed E-state index contributed by atoms with van der Waals surface area (Å²) in [5.74, 6) is 2.67. The highest BCUT2D eigenvalue weighted by molar-refractivity contribution is 7.99. The standard InChI is InChI=1S/C23H50NS/c1-5-7-9-11-13-14-15-16-18-20-22-25-23-24(3,4)21-19-17-12-10-8-6-2/h5-23H2,1-4H3/q+1. The van der Waals surface area contributed by atoms with Crippen LogP contribution in [0.2, 0.25) is 0 Å². The van der Waals surface area contributed by atoms with E-state index >= 15 is 0 Å². The smallest absolute Gasteiger partial charge is 0.125 e. The van der Waals surface area contributed by atoms with Crippen LogP contribution < -0.4 is 0 Å². The molecule has 0 saturated carbocycles. The van der Waals surface area contributed by atoms with Crippen LogP contribution in [0.3, 0.4) is 0 Å². The minimum atomic E-state index is 1.20. The quantitative estimate of drug-likeness (QED) is 0.118. The Kier molecular flexibility index (Phi) is 19.3. The van der Waals surface area contributed by atoms with E-state index in [2.05, 4.69) is 39.7 Å². The summed E-state index contributed by atoms with van der Waals surface area (Å²) in [6.07, 6.45) is 23.0. The van der Waals surface area contributed by atoms with E-state index in [0.717, 1.165) is 0 Å². The molecule has 25 heavy (non-hydrogen) atoms. The first-order valence-electron chi connectivity index (χ1n) is 11.5. The number of thioether (sulfide) groups is 1. The second-order valence-electron chi connectivity index (χ2n) is 8.65. The van der Waals surface area contributed by atoms with Crippen molar-refractivity contribution in [2.45, 2.75) is 117 Å². The summed E-state index contributed by atoms with van der Waals surface area (Å²) in [5.41, 5.74) is 0. The molecule has 0 aliphatic carbocycles. The summed E-state index contributed by atoms with van der Waals surface area (Å²) in [7, 11) is 4.83. The number of nitrogens with zero attached hydrogens (tertiary/aromatic N) is 1. The Labute approximate surface area is 165 Å². The summed E-state index contributed by atoms with van der Waals surface area (Å²) in [6, 6.07) is 0. The molecule has 0 amide bonds. The topological polar surface area (TPSA) is 0 Å². The lowest BCUT2D eigenvalue weighted by Crippen LogP contribution is -2.40. The Hall–Kier alpha value is 0.310. The molecule has 152 valence electrons. The van der Waals surface area contributed by atoms with Crippen LogP contribution in [0, 0.1) is 0 Å². The first-order chi connectivity index (χ1) is 12.1. The molecule has 0 aliphatic heterocycles. The summed E-state index contributed by atoms with van der Waals surface area (Å²) in [6.45, 7) is 5.95. The van der Waals surface area contributed by atoms with Gasteiger partial charge in [-0.2, -0.15) is 0 Å². The van der Waals surface area contributed by atoms with Crippen molar-refractivity contribution in [3.05, 3.63) is 0 Å². The van der Waals surface area contributed by atoms with Crippen molar-refractivity contribution in [1.29, 1.82) is 0 Å². The van der Waals surface area contributed by atoms with E-state index in [1.54, 1.807) is 0 Å². The van der Waals surface area contributed by atoms with Crippen LogP contribution in [-0.4, -0.2) is 36.8 Å². The third kappa shape index (κ3) is 20.5. The zero-order chi connectivity index (χ0) is 18.6. The lowest BCUT2D eigenvalue weighted by atomic mass is 10.1. The normalized spacial score (nSPS) is 12.0. The first kappa shape index (κ1) is 25.3. The molecular formula is C23H50NS+. The van der Waals surface area contributed by atoms with Gasteiger partial charge in [0.05, 0.1) is 20.6 Å².